The molecule has 2 heterocycles. The molecule has 0 fully saturated rings. The van der Waals surface area contributed by atoms with E-state index < -0.39 is 4.92 Å². The summed E-state index contributed by atoms with van der Waals surface area (Å²) in [4.78, 5) is 23.4. The monoisotopic (exact) mass is 339 g/mol. The zero-order valence-corrected chi connectivity index (χ0v) is 13.6. The third-order valence-electron chi connectivity index (χ3n) is 3.41. The summed E-state index contributed by atoms with van der Waals surface area (Å²) >= 11 is 1.37. The molecule has 0 amide bonds. The molecule has 0 N–H and O–H groups in total. The highest BCUT2D eigenvalue weighted by Gasteiger charge is 2.18. The number of hydrogen-bond donors (Lipinski definition) is 0. The maximum Gasteiger partial charge on any atom is 0.280 e. The van der Waals surface area contributed by atoms with Gasteiger partial charge in [0.25, 0.3) is 5.69 Å². The molecule has 3 rings (SSSR count). The van der Waals surface area contributed by atoms with Gasteiger partial charge in [0.2, 0.25) is 0 Å². The van der Waals surface area contributed by atoms with Crippen molar-refractivity contribution in [2.75, 3.05) is 0 Å². The Bertz CT molecular complexity index is 922. The predicted molar refractivity (Wildman–Crippen MR) is 93.2 cm³/mol. The van der Waals surface area contributed by atoms with Gasteiger partial charge in [0.05, 0.1) is 15.4 Å². The van der Waals surface area contributed by atoms with Crippen LogP contribution in [0.1, 0.15) is 21.0 Å². The number of furan rings is 1. The Balaban J connectivity index is 1.86. The Morgan fingerprint density at radius 2 is 2.08 bits per heavy atom. The number of hydrogen-bond acceptors (Lipinski definition) is 5. The fraction of sp³-hybridized carbons (Fsp3) is 0.0556. The minimum Gasteiger partial charge on any atom is -0.456 e. The van der Waals surface area contributed by atoms with Crippen LogP contribution in [0.25, 0.3) is 17.4 Å². The van der Waals surface area contributed by atoms with Crippen LogP contribution in [-0.4, -0.2) is 10.7 Å². The topological polar surface area (TPSA) is 73.3 Å². The Hall–Kier alpha value is -2.99. The molecule has 0 unspecified atom stereocenters. The smallest absolute Gasteiger partial charge is 0.280 e. The van der Waals surface area contributed by atoms with Crippen molar-refractivity contribution in [2.24, 2.45) is 0 Å². The summed E-state index contributed by atoms with van der Waals surface area (Å²) in [6.07, 6.45) is 2.99. The van der Waals surface area contributed by atoms with E-state index in [9.17, 15) is 14.9 Å². The normalized spacial score (nSPS) is 11.0. The van der Waals surface area contributed by atoms with Crippen molar-refractivity contribution in [3.63, 3.8) is 0 Å². The fourth-order valence-electron chi connectivity index (χ4n) is 2.25. The molecule has 0 aliphatic heterocycles. The number of nitro benzene ring substituents is 1. The first-order chi connectivity index (χ1) is 11.5. The molecule has 24 heavy (non-hydrogen) atoms. The second-order valence-electron chi connectivity index (χ2n) is 5.15. The van der Waals surface area contributed by atoms with Crippen LogP contribution in [0.3, 0.4) is 0 Å². The van der Waals surface area contributed by atoms with Crippen LogP contribution in [0.5, 0.6) is 0 Å². The van der Waals surface area contributed by atoms with E-state index in [4.69, 9.17) is 4.42 Å². The highest BCUT2D eigenvalue weighted by atomic mass is 32.1. The highest BCUT2D eigenvalue weighted by Crippen LogP contribution is 2.32. The predicted octanol–water partition coefficient (Wildman–Crippen LogP) is 5.12. The third-order valence-corrected chi connectivity index (χ3v) is 4.29. The van der Waals surface area contributed by atoms with Crippen molar-refractivity contribution in [3.05, 3.63) is 80.2 Å². The van der Waals surface area contributed by atoms with Crippen molar-refractivity contribution >= 4 is 28.9 Å². The Labute approximate surface area is 142 Å². The molecule has 0 bridgehead atoms. The van der Waals surface area contributed by atoms with E-state index in [2.05, 4.69) is 0 Å². The van der Waals surface area contributed by atoms with Gasteiger partial charge < -0.3 is 4.42 Å². The maximum absolute atomic E-state index is 11.9. The van der Waals surface area contributed by atoms with Crippen LogP contribution in [-0.2, 0) is 0 Å². The molecule has 0 aliphatic rings. The first-order valence-corrected chi connectivity index (χ1v) is 8.04. The average Bonchev–Trinajstić information content (AvgIpc) is 3.24. The van der Waals surface area contributed by atoms with Gasteiger partial charge in [-0.2, -0.15) is 0 Å². The first kappa shape index (κ1) is 15.9. The zero-order chi connectivity index (χ0) is 17.1. The van der Waals surface area contributed by atoms with Crippen LogP contribution < -0.4 is 0 Å². The van der Waals surface area contributed by atoms with Crippen molar-refractivity contribution in [1.29, 1.82) is 0 Å². The lowest BCUT2D eigenvalue weighted by molar-refractivity contribution is -0.384. The molecule has 2 aromatic heterocycles. The number of nitrogens with zero attached hydrogens (tertiary/aromatic N) is 1. The van der Waals surface area contributed by atoms with E-state index in [1.54, 1.807) is 43.3 Å². The number of thiophene rings is 1. The molecule has 0 atom stereocenters. The standard InChI is InChI=1S/C18H13NO4S/c1-12-4-7-14(15(11-12)19(21)22)17-9-6-13(23-17)5-8-16(20)18-3-2-10-24-18/h2-11H,1H3. The van der Waals surface area contributed by atoms with Gasteiger partial charge in [-0.1, -0.05) is 12.1 Å². The minimum absolute atomic E-state index is 0.00505. The van der Waals surface area contributed by atoms with Gasteiger partial charge in [-0.25, -0.2) is 0 Å². The number of benzene rings is 1. The van der Waals surface area contributed by atoms with Crippen LogP contribution >= 0.6 is 11.3 Å². The summed E-state index contributed by atoms with van der Waals surface area (Å²) in [6.45, 7) is 1.79. The van der Waals surface area contributed by atoms with Gasteiger partial charge in [-0.3, -0.25) is 14.9 Å². The molecule has 0 aliphatic carbocycles. The van der Waals surface area contributed by atoms with Gasteiger partial charge in [-0.15, -0.1) is 11.3 Å². The van der Waals surface area contributed by atoms with Crippen molar-refractivity contribution < 1.29 is 14.1 Å². The molecule has 0 spiro atoms. The number of allylic oxidation sites excluding steroid dienone is 1. The molecule has 3 aromatic rings. The van der Waals surface area contributed by atoms with Crippen molar-refractivity contribution in [2.45, 2.75) is 6.92 Å². The fourth-order valence-corrected chi connectivity index (χ4v) is 2.89. The summed E-state index contributed by atoms with van der Waals surface area (Å²) in [5, 5.41) is 13.0. The molecule has 6 heteroatoms. The number of carbonyl (C=O) groups excluding carboxylic acids is 1. The first-order valence-electron chi connectivity index (χ1n) is 7.16. The molecule has 0 radical (unpaired) electrons. The second-order valence-corrected chi connectivity index (χ2v) is 6.10. The highest BCUT2D eigenvalue weighted by molar-refractivity contribution is 7.12. The lowest BCUT2D eigenvalue weighted by atomic mass is 10.1. The average molecular weight is 339 g/mol. The quantitative estimate of drug-likeness (QED) is 0.280. The summed E-state index contributed by atoms with van der Waals surface area (Å²) in [5.74, 6) is 0.749. The number of carbonyl (C=O) groups is 1. The van der Waals surface area contributed by atoms with E-state index in [1.165, 1.54) is 23.5 Å². The van der Waals surface area contributed by atoms with Crippen LogP contribution in [0.2, 0.25) is 0 Å². The summed E-state index contributed by atoms with van der Waals surface area (Å²) in [7, 11) is 0. The molecule has 120 valence electrons. The summed E-state index contributed by atoms with van der Waals surface area (Å²) in [5.41, 5.74) is 1.21. The largest absolute Gasteiger partial charge is 0.456 e. The summed E-state index contributed by atoms with van der Waals surface area (Å²) in [6, 6.07) is 11.9. The molecular weight excluding hydrogens is 326 g/mol. The lowest BCUT2D eigenvalue weighted by Crippen LogP contribution is -1.92. The van der Waals surface area contributed by atoms with E-state index in [-0.39, 0.29) is 11.5 Å². The molecule has 5 nitrogen and oxygen atoms in total. The number of rotatable bonds is 5. The van der Waals surface area contributed by atoms with E-state index in [1.807, 2.05) is 11.4 Å². The van der Waals surface area contributed by atoms with Crippen molar-refractivity contribution in [3.8, 4) is 11.3 Å². The number of aryl methyl sites for hydroxylation is 1. The molecule has 0 saturated heterocycles. The van der Waals surface area contributed by atoms with Gasteiger partial charge in [0, 0.05) is 6.07 Å². The Kier molecular flexibility index (Phi) is 4.39. The SMILES string of the molecule is Cc1ccc(-c2ccc(C=CC(=O)c3cccs3)o2)c([N+](=O)[O-])c1. The van der Waals surface area contributed by atoms with Crippen LogP contribution in [0, 0.1) is 17.0 Å². The minimum atomic E-state index is -0.430. The maximum atomic E-state index is 11.9. The van der Waals surface area contributed by atoms with Crippen molar-refractivity contribution in [1.82, 2.24) is 0 Å². The number of ketones is 1. The van der Waals surface area contributed by atoms with Crippen LogP contribution in [0.4, 0.5) is 5.69 Å². The van der Waals surface area contributed by atoms with Crippen LogP contribution in [0.15, 0.2) is 58.3 Å². The van der Waals surface area contributed by atoms with Gasteiger partial charge in [-0.05, 0) is 54.3 Å². The molecular formula is C18H13NO4S. The zero-order valence-electron chi connectivity index (χ0n) is 12.8. The Morgan fingerprint density at radius 1 is 1.25 bits per heavy atom. The second kappa shape index (κ2) is 6.64. The third kappa shape index (κ3) is 3.33. The van der Waals surface area contributed by atoms with E-state index >= 15 is 0 Å². The Morgan fingerprint density at radius 3 is 2.79 bits per heavy atom. The lowest BCUT2D eigenvalue weighted by Gasteiger charge is -2.01. The van der Waals surface area contributed by atoms with Gasteiger partial charge in [0.15, 0.2) is 5.78 Å². The summed E-state index contributed by atoms with van der Waals surface area (Å²) < 4.78 is 5.63. The molecule has 1 aromatic carbocycles. The van der Waals surface area contributed by atoms with Gasteiger partial charge >= 0.3 is 0 Å². The van der Waals surface area contributed by atoms with Gasteiger partial charge in [0.1, 0.15) is 11.5 Å². The molecule has 0 saturated carbocycles. The van der Waals surface area contributed by atoms with E-state index in [0.29, 0.717) is 22.0 Å². The number of nitro groups is 1. The van der Waals surface area contributed by atoms with E-state index in [0.717, 1.165) is 5.56 Å².